The Hall–Kier alpha value is -2.31. The van der Waals surface area contributed by atoms with Crippen molar-refractivity contribution in [2.75, 3.05) is 0 Å². The first-order valence-corrected chi connectivity index (χ1v) is 6.58. The molecule has 2 aromatic carbocycles. The van der Waals surface area contributed by atoms with E-state index in [1.165, 1.54) is 0 Å². The number of benzene rings is 2. The largest absolute Gasteiger partial charge is 0.489 e. The molecule has 102 valence electrons. The molecule has 0 bridgehead atoms. The lowest BCUT2D eigenvalue weighted by Gasteiger charge is -2.15. The summed E-state index contributed by atoms with van der Waals surface area (Å²) in [5.74, 6) is 0.776. The fourth-order valence-corrected chi connectivity index (χ4v) is 2.07. The third kappa shape index (κ3) is 3.17. The van der Waals surface area contributed by atoms with Crippen LogP contribution < -0.4 is 10.5 Å². The Kier molecular flexibility index (Phi) is 4.39. The molecule has 0 aliphatic carbocycles. The monoisotopic (exact) mass is 266 g/mol. The molecule has 0 unspecified atom stereocenters. The minimum Gasteiger partial charge on any atom is -0.489 e. The molecular weight excluding hydrogens is 248 g/mol. The molecule has 2 rings (SSSR count). The molecule has 2 aromatic rings. The number of hydrogen-bond acceptors (Lipinski definition) is 3. The molecule has 0 saturated carbocycles. The Morgan fingerprint density at radius 2 is 2.00 bits per heavy atom. The van der Waals surface area contributed by atoms with E-state index in [1.807, 2.05) is 50.2 Å². The number of nitriles is 1. The van der Waals surface area contributed by atoms with Crippen molar-refractivity contribution in [1.82, 2.24) is 0 Å². The van der Waals surface area contributed by atoms with Crippen molar-refractivity contribution in [3.63, 3.8) is 0 Å². The fraction of sp³-hybridized carbons (Fsp3) is 0.235. The second kappa shape index (κ2) is 6.23. The molecular formula is C17H18N2O. The van der Waals surface area contributed by atoms with Gasteiger partial charge in [0.2, 0.25) is 0 Å². The summed E-state index contributed by atoms with van der Waals surface area (Å²) in [6, 6.07) is 15.5. The normalized spacial score (nSPS) is 11.7. The predicted octanol–water partition coefficient (Wildman–Crippen LogP) is 3.47. The van der Waals surface area contributed by atoms with E-state index >= 15 is 0 Å². The molecule has 0 heterocycles. The first kappa shape index (κ1) is 14.1. The maximum absolute atomic E-state index is 9.07. The summed E-state index contributed by atoms with van der Waals surface area (Å²) in [5.41, 5.74) is 9.64. The van der Waals surface area contributed by atoms with E-state index in [2.05, 4.69) is 6.07 Å². The number of hydrogen-bond donors (Lipinski definition) is 1. The number of aryl methyl sites for hydroxylation is 1. The molecule has 0 amide bonds. The van der Waals surface area contributed by atoms with Gasteiger partial charge in [-0.1, -0.05) is 35.9 Å². The van der Waals surface area contributed by atoms with Gasteiger partial charge in [-0.15, -0.1) is 0 Å². The van der Waals surface area contributed by atoms with Crippen LogP contribution in [0.3, 0.4) is 0 Å². The van der Waals surface area contributed by atoms with Crippen LogP contribution in [0.1, 0.15) is 35.2 Å². The van der Waals surface area contributed by atoms with Gasteiger partial charge in [0.05, 0.1) is 11.6 Å². The summed E-state index contributed by atoms with van der Waals surface area (Å²) in [6.07, 6.45) is 0. The highest BCUT2D eigenvalue weighted by Crippen LogP contribution is 2.26. The molecule has 2 N–H and O–H groups in total. The van der Waals surface area contributed by atoms with Gasteiger partial charge in [0, 0.05) is 17.2 Å². The second-order valence-corrected chi connectivity index (χ2v) is 4.89. The summed E-state index contributed by atoms with van der Waals surface area (Å²) >= 11 is 0. The Morgan fingerprint density at radius 1 is 1.25 bits per heavy atom. The average molecular weight is 266 g/mol. The minimum atomic E-state index is -0.0869. The number of nitrogens with two attached hydrogens (primary N) is 1. The topological polar surface area (TPSA) is 59.0 Å². The van der Waals surface area contributed by atoms with Gasteiger partial charge in [-0.2, -0.15) is 5.26 Å². The van der Waals surface area contributed by atoms with Crippen molar-refractivity contribution >= 4 is 0 Å². The highest BCUT2D eigenvalue weighted by atomic mass is 16.5. The van der Waals surface area contributed by atoms with Crippen molar-refractivity contribution < 1.29 is 4.74 Å². The van der Waals surface area contributed by atoms with E-state index in [9.17, 15) is 0 Å². The maximum atomic E-state index is 9.07. The molecule has 0 spiro atoms. The molecule has 3 heteroatoms. The minimum absolute atomic E-state index is 0.0869. The molecule has 1 atom stereocenters. The first-order valence-electron chi connectivity index (χ1n) is 6.58. The quantitative estimate of drug-likeness (QED) is 0.921. The van der Waals surface area contributed by atoms with E-state index in [-0.39, 0.29) is 6.04 Å². The number of nitrogens with zero attached hydrogens (tertiary/aromatic N) is 1. The summed E-state index contributed by atoms with van der Waals surface area (Å²) in [5, 5.41) is 9.07. The van der Waals surface area contributed by atoms with Crippen molar-refractivity contribution in [2.24, 2.45) is 5.73 Å². The number of rotatable bonds is 4. The van der Waals surface area contributed by atoms with E-state index in [1.54, 1.807) is 6.07 Å². The molecule has 0 fully saturated rings. The van der Waals surface area contributed by atoms with Crippen LogP contribution in [0.15, 0.2) is 42.5 Å². The van der Waals surface area contributed by atoms with Crippen LogP contribution in [-0.4, -0.2) is 0 Å². The van der Waals surface area contributed by atoms with Crippen LogP contribution in [0.4, 0.5) is 0 Å². The van der Waals surface area contributed by atoms with E-state index < -0.39 is 0 Å². The van der Waals surface area contributed by atoms with Gasteiger partial charge >= 0.3 is 0 Å². The summed E-state index contributed by atoms with van der Waals surface area (Å²) in [4.78, 5) is 0. The Bertz CT molecular complexity index is 642. The van der Waals surface area contributed by atoms with Gasteiger partial charge < -0.3 is 10.5 Å². The van der Waals surface area contributed by atoms with E-state index in [4.69, 9.17) is 15.7 Å². The van der Waals surface area contributed by atoms with Crippen LogP contribution in [-0.2, 0) is 6.61 Å². The Labute approximate surface area is 119 Å². The molecule has 0 aliphatic heterocycles. The first-order chi connectivity index (χ1) is 9.61. The molecule has 20 heavy (non-hydrogen) atoms. The van der Waals surface area contributed by atoms with Gasteiger partial charge in [-0.3, -0.25) is 0 Å². The van der Waals surface area contributed by atoms with Crippen LogP contribution in [0.25, 0.3) is 0 Å². The Balaban J connectivity index is 2.21. The lowest BCUT2D eigenvalue weighted by Crippen LogP contribution is -2.08. The van der Waals surface area contributed by atoms with Gasteiger partial charge in [0.15, 0.2) is 0 Å². The lowest BCUT2D eigenvalue weighted by molar-refractivity contribution is 0.301. The van der Waals surface area contributed by atoms with Gasteiger partial charge in [-0.25, -0.2) is 0 Å². The Morgan fingerprint density at radius 3 is 2.70 bits per heavy atom. The second-order valence-electron chi connectivity index (χ2n) is 4.89. The van der Waals surface area contributed by atoms with Gasteiger partial charge in [-0.05, 0) is 26.0 Å². The van der Waals surface area contributed by atoms with Gasteiger partial charge in [0.1, 0.15) is 12.4 Å². The molecule has 0 aliphatic rings. The summed E-state index contributed by atoms with van der Waals surface area (Å²) < 4.78 is 5.85. The summed E-state index contributed by atoms with van der Waals surface area (Å²) in [7, 11) is 0. The molecule has 0 saturated heterocycles. The van der Waals surface area contributed by atoms with Gasteiger partial charge in [0.25, 0.3) is 0 Å². The van der Waals surface area contributed by atoms with Crippen molar-refractivity contribution in [3.8, 4) is 11.8 Å². The average Bonchev–Trinajstić information content (AvgIpc) is 2.46. The molecule has 3 nitrogen and oxygen atoms in total. The standard InChI is InChI=1S/C17H18N2O/c1-12-7-8-17(16(9-12)13(2)19)20-11-15-6-4-3-5-14(15)10-18/h3-9,13H,11,19H2,1-2H3/t13-/m0/s1. The molecule has 0 radical (unpaired) electrons. The van der Waals surface area contributed by atoms with E-state index in [0.717, 1.165) is 22.4 Å². The van der Waals surface area contributed by atoms with Crippen LogP contribution in [0.2, 0.25) is 0 Å². The highest BCUT2D eigenvalue weighted by molar-refractivity contribution is 5.40. The van der Waals surface area contributed by atoms with Crippen LogP contribution >= 0.6 is 0 Å². The van der Waals surface area contributed by atoms with Crippen LogP contribution in [0.5, 0.6) is 5.75 Å². The van der Waals surface area contributed by atoms with Crippen LogP contribution in [0, 0.1) is 18.3 Å². The third-order valence-corrected chi connectivity index (χ3v) is 3.18. The lowest BCUT2D eigenvalue weighted by atomic mass is 10.0. The van der Waals surface area contributed by atoms with Crippen molar-refractivity contribution in [2.45, 2.75) is 26.5 Å². The maximum Gasteiger partial charge on any atom is 0.124 e. The fourth-order valence-electron chi connectivity index (χ4n) is 2.07. The van der Waals surface area contributed by atoms with Crippen molar-refractivity contribution in [1.29, 1.82) is 5.26 Å². The smallest absolute Gasteiger partial charge is 0.124 e. The third-order valence-electron chi connectivity index (χ3n) is 3.18. The zero-order valence-electron chi connectivity index (χ0n) is 11.8. The SMILES string of the molecule is Cc1ccc(OCc2ccccc2C#N)c([C@H](C)N)c1. The van der Waals surface area contributed by atoms with E-state index in [0.29, 0.717) is 12.2 Å². The van der Waals surface area contributed by atoms with Crippen molar-refractivity contribution in [3.05, 3.63) is 64.7 Å². The zero-order chi connectivity index (χ0) is 14.5. The summed E-state index contributed by atoms with van der Waals surface area (Å²) in [6.45, 7) is 4.33. The highest BCUT2D eigenvalue weighted by Gasteiger charge is 2.09. The zero-order valence-corrected chi connectivity index (χ0v) is 11.8. The number of ether oxygens (including phenoxy) is 1. The predicted molar refractivity (Wildman–Crippen MR) is 79.3 cm³/mol. The molecule has 0 aromatic heterocycles.